The molecule has 1 aromatic rings. The maximum atomic E-state index is 13.9. The second kappa shape index (κ2) is 9.82. The molecule has 152 valence electrons. The van der Waals surface area contributed by atoms with Crippen molar-refractivity contribution < 1.29 is 27.1 Å². The van der Waals surface area contributed by atoms with Crippen LogP contribution in [-0.4, -0.2) is 33.2 Å². The van der Waals surface area contributed by atoms with E-state index in [1.807, 2.05) is 32.4 Å². The molecule has 0 aromatic heterocycles. The third-order valence-corrected chi connectivity index (χ3v) is 5.52. The van der Waals surface area contributed by atoms with Crippen LogP contribution in [0.4, 0.5) is 4.39 Å². The maximum Gasteiger partial charge on any atom is 0.305 e. The van der Waals surface area contributed by atoms with E-state index in [9.17, 15) is 22.4 Å². The molecule has 0 bridgehead atoms. The molecule has 0 fully saturated rings. The van der Waals surface area contributed by atoms with E-state index in [1.165, 1.54) is 19.2 Å². The van der Waals surface area contributed by atoms with Gasteiger partial charge in [-0.1, -0.05) is 27.7 Å². The summed E-state index contributed by atoms with van der Waals surface area (Å²) in [6, 6.07) is 2.79. The molecule has 0 spiro atoms. The van der Waals surface area contributed by atoms with E-state index in [-0.39, 0.29) is 42.7 Å². The molecule has 0 saturated carbocycles. The zero-order valence-corrected chi connectivity index (χ0v) is 17.3. The number of sulfonamides is 1. The highest BCUT2D eigenvalue weighted by Crippen LogP contribution is 2.29. The summed E-state index contributed by atoms with van der Waals surface area (Å²) in [5, 5.41) is 0. The van der Waals surface area contributed by atoms with Crippen LogP contribution in [0.5, 0.6) is 0 Å². The number of ether oxygens (including phenoxy) is 1. The number of rotatable bonds is 9. The molecule has 8 heteroatoms. The van der Waals surface area contributed by atoms with Crippen LogP contribution in [0.25, 0.3) is 0 Å². The van der Waals surface area contributed by atoms with Gasteiger partial charge in [0.05, 0.1) is 19.3 Å². The number of carbonyl (C=O) groups excluding carboxylic acids is 2. The number of carbonyl (C=O) groups is 2. The first kappa shape index (κ1) is 23.1. The Morgan fingerprint density at radius 2 is 1.63 bits per heavy atom. The molecular weight excluding hydrogens is 373 g/mol. The Balaban J connectivity index is 2.94. The number of amides is 1. The Bertz CT molecular complexity index is 758. The molecular formula is C19H28FNO5S. The summed E-state index contributed by atoms with van der Waals surface area (Å²) >= 11 is 0. The lowest BCUT2D eigenvalue weighted by Crippen LogP contribution is -2.34. The minimum Gasteiger partial charge on any atom is -0.469 e. The van der Waals surface area contributed by atoms with Crippen molar-refractivity contribution in [1.82, 2.24) is 4.72 Å². The first-order chi connectivity index (χ1) is 12.5. The zero-order chi connectivity index (χ0) is 20.8. The number of hydrogen-bond donors (Lipinski definition) is 1. The molecule has 0 aliphatic carbocycles. The molecule has 1 rings (SSSR count). The fourth-order valence-corrected chi connectivity index (χ4v) is 3.89. The zero-order valence-electron chi connectivity index (χ0n) is 16.5. The van der Waals surface area contributed by atoms with Crippen molar-refractivity contribution in [1.29, 1.82) is 0 Å². The number of halogens is 1. The van der Waals surface area contributed by atoms with Gasteiger partial charge in [-0.2, -0.15) is 0 Å². The van der Waals surface area contributed by atoms with Crippen LogP contribution in [0.3, 0.4) is 0 Å². The van der Waals surface area contributed by atoms with Gasteiger partial charge in [-0.05, 0) is 47.1 Å². The first-order valence-electron chi connectivity index (χ1n) is 8.89. The summed E-state index contributed by atoms with van der Waals surface area (Å²) in [5.74, 6) is -1.95. The van der Waals surface area contributed by atoms with Gasteiger partial charge in [-0.3, -0.25) is 14.3 Å². The molecule has 0 unspecified atom stereocenters. The molecule has 0 saturated heterocycles. The predicted molar refractivity (Wildman–Crippen MR) is 101 cm³/mol. The molecule has 27 heavy (non-hydrogen) atoms. The number of esters is 1. The van der Waals surface area contributed by atoms with Gasteiger partial charge in [0.25, 0.3) is 0 Å². The first-order valence-corrected chi connectivity index (χ1v) is 10.5. The highest BCUT2D eigenvalue weighted by atomic mass is 32.2. The minimum atomic E-state index is -3.86. The van der Waals surface area contributed by atoms with Gasteiger partial charge in [0.1, 0.15) is 5.82 Å². The van der Waals surface area contributed by atoms with Crippen molar-refractivity contribution in [3.63, 3.8) is 0 Å². The molecule has 6 nitrogen and oxygen atoms in total. The average molecular weight is 402 g/mol. The molecule has 0 radical (unpaired) electrons. The summed E-state index contributed by atoms with van der Waals surface area (Å²) in [6.45, 7) is 7.57. The number of methoxy groups -OCH3 is 1. The van der Waals surface area contributed by atoms with Crippen LogP contribution in [0.15, 0.2) is 12.1 Å². The third kappa shape index (κ3) is 7.28. The molecule has 1 N–H and O–H groups in total. The molecule has 1 amide bonds. The molecule has 1 aromatic carbocycles. The van der Waals surface area contributed by atoms with Gasteiger partial charge in [-0.25, -0.2) is 12.8 Å². The number of benzene rings is 1. The maximum absolute atomic E-state index is 13.9. The topological polar surface area (TPSA) is 89.5 Å². The summed E-state index contributed by atoms with van der Waals surface area (Å²) in [4.78, 5) is 23.4. The summed E-state index contributed by atoms with van der Waals surface area (Å²) in [5.41, 5.74) is 2.04. The molecule has 0 aliphatic heterocycles. The van der Waals surface area contributed by atoms with Crippen molar-refractivity contribution in [2.45, 2.75) is 58.8 Å². The highest BCUT2D eigenvalue weighted by molar-refractivity contribution is 7.90. The number of hydrogen-bond acceptors (Lipinski definition) is 5. The van der Waals surface area contributed by atoms with Crippen molar-refractivity contribution in [2.24, 2.45) is 0 Å². The summed E-state index contributed by atoms with van der Waals surface area (Å²) < 4.78 is 44.5. The van der Waals surface area contributed by atoms with Crippen LogP contribution in [0, 0.1) is 5.82 Å². The second-order valence-corrected chi connectivity index (χ2v) is 8.91. The van der Waals surface area contributed by atoms with E-state index >= 15 is 0 Å². The fraction of sp³-hybridized carbons (Fsp3) is 0.579. The van der Waals surface area contributed by atoms with Crippen molar-refractivity contribution >= 4 is 21.9 Å². The SMILES string of the molecule is COC(=O)CCCS(=O)(=O)NC(=O)Cc1c(C(C)C)cc(F)cc1C(C)C. The molecule has 0 heterocycles. The fourth-order valence-electron chi connectivity index (χ4n) is 2.84. The van der Waals surface area contributed by atoms with Crippen LogP contribution < -0.4 is 4.72 Å². The summed E-state index contributed by atoms with van der Waals surface area (Å²) in [6.07, 6.45) is -0.142. The lowest BCUT2D eigenvalue weighted by Gasteiger charge is -2.20. The van der Waals surface area contributed by atoms with Gasteiger partial charge in [0.15, 0.2) is 0 Å². The Morgan fingerprint density at radius 1 is 1.11 bits per heavy atom. The van der Waals surface area contributed by atoms with E-state index in [4.69, 9.17) is 0 Å². The smallest absolute Gasteiger partial charge is 0.305 e. The summed E-state index contributed by atoms with van der Waals surface area (Å²) in [7, 11) is -2.64. The van der Waals surface area contributed by atoms with E-state index in [0.717, 1.165) is 0 Å². The minimum absolute atomic E-state index is 0.0161. The molecule has 0 aliphatic rings. The van der Waals surface area contributed by atoms with E-state index in [1.54, 1.807) is 0 Å². The Morgan fingerprint density at radius 3 is 2.07 bits per heavy atom. The van der Waals surface area contributed by atoms with Gasteiger partial charge in [0.2, 0.25) is 15.9 Å². The highest BCUT2D eigenvalue weighted by Gasteiger charge is 2.21. The average Bonchev–Trinajstić information content (AvgIpc) is 2.54. The number of nitrogens with one attached hydrogen (secondary N) is 1. The van der Waals surface area contributed by atoms with Crippen molar-refractivity contribution in [2.75, 3.05) is 12.9 Å². The Labute approximate surface area is 160 Å². The lowest BCUT2D eigenvalue weighted by molar-refractivity contribution is -0.140. The van der Waals surface area contributed by atoms with Crippen LogP contribution in [0.2, 0.25) is 0 Å². The largest absolute Gasteiger partial charge is 0.469 e. The quantitative estimate of drug-likeness (QED) is 0.643. The predicted octanol–water partition coefficient (Wildman–Crippen LogP) is 3.01. The van der Waals surface area contributed by atoms with Gasteiger partial charge in [0, 0.05) is 6.42 Å². The monoisotopic (exact) mass is 401 g/mol. The normalized spacial score (nSPS) is 11.7. The van der Waals surface area contributed by atoms with E-state index in [0.29, 0.717) is 16.7 Å². The van der Waals surface area contributed by atoms with E-state index in [2.05, 4.69) is 4.74 Å². The van der Waals surface area contributed by atoms with Gasteiger partial charge < -0.3 is 4.74 Å². The second-order valence-electron chi connectivity index (χ2n) is 7.07. The van der Waals surface area contributed by atoms with E-state index < -0.39 is 21.9 Å². The van der Waals surface area contributed by atoms with Gasteiger partial charge in [-0.15, -0.1) is 0 Å². The van der Waals surface area contributed by atoms with Crippen molar-refractivity contribution in [3.05, 3.63) is 34.6 Å². The Kier molecular flexibility index (Phi) is 8.40. The van der Waals surface area contributed by atoms with Gasteiger partial charge >= 0.3 is 5.97 Å². The van der Waals surface area contributed by atoms with Crippen LogP contribution >= 0.6 is 0 Å². The Hall–Kier alpha value is -1.96. The standard InChI is InChI=1S/C19H28FNO5S/c1-12(2)15-9-14(20)10-16(13(3)4)17(15)11-18(22)21-27(24,25)8-6-7-19(23)26-5/h9-10,12-13H,6-8,11H2,1-5H3,(H,21,22). The molecule has 0 atom stereocenters. The third-order valence-electron chi connectivity index (χ3n) is 4.16. The lowest BCUT2D eigenvalue weighted by atomic mass is 9.87. The van der Waals surface area contributed by atoms with Crippen LogP contribution in [0.1, 0.15) is 69.1 Å². The van der Waals surface area contributed by atoms with Crippen molar-refractivity contribution in [3.8, 4) is 0 Å². The van der Waals surface area contributed by atoms with Crippen LogP contribution in [-0.2, 0) is 30.8 Å².